The number of phenolic OH excluding ortho intramolecular Hbond substituents is 2. The first kappa shape index (κ1) is 87.3. The summed E-state index contributed by atoms with van der Waals surface area (Å²) in [6.07, 6.45) is 4.73. The van der Waals surface area contributed by atoms with Gasteiger partial charge in [0.25, 0.3) is 47.3 Å². The molecule has 0 radical (unpaired) electrons. The number of aromatic hydroxyl groups is 2. The van der Waals surface area contributed by atoms with Gasteiger partial charge < -0.3 is 96.4 Å². The number of nitrogens with one attached hydrogen (secondary N) is 8. The number of hydrogen-bond donors (Lipinski definition) is 11. The zero-order valence-corrected chi connectivity index (χ0v) is 62.9. The molecule has 0 saturated heterocycles. The molecule has 8 amide bonds. The van der Waals surface area contributed by atoms with Crippen molar-refractivity contribution in [3.63, 3.8) is 0 Å². The van der Waals surface area contributed by atoms with E-state index in [1.165, 1.54) is 36.4 Å². The van der Waals surface area contributed by atoms with Crippen LogP contribution in [-0.4, -0.2) is 308 Å². The molecule has 2 aliphatic rings. The molecule has 0 aliphatic carbocycles. The molecule has 0 saturated carbocycles. The van der Waals surface area contributed by atoms with Crippen molar-refractivity contribution in [1.82, 2.24) is 62.1 Å². The van der Waals surface area contributed by atoms with E-state index in [9.17, 15) is 48.6 Å². The van der Waals surface area contributed by atoms with Crippen molar-refractivity contribution >= 4 is 47.3 Å². The van der Waals surface area contributed by atoms with Crippen LogP contribution in [0.15, 0.2) is 72.8 Å². The number of nitrogens with two attached hydrogens (primary N) is 1. The molecule has 592 valence electrons. The van der Waals surface area contributed by atoms with Crippen LogP contribution in [0.1, 0.15) is 142 Å². The van der Waals surface area contributed by atoms with Crippen molar-refractivity contribution in [1.29, 1.82) is 0 Å². The molecular weight excluding hydrogens is 1380 g/mol. The van der Waals surface area contributed by atoms with Crippen LogP contribution in [-0.2, 0) is 28.4 Å². The number of carbonyl (C=O) groups is 8. The van der Waals surface area contributed by atoms with Crippen LogP contribution in [0.4, 0.5) is 0 Å². The van der Waals surface area contributed by atoms with Gasteiger partial charge in [-0.05, 0) is 80.8 Å². The smallest absolute Gasteiger partial charge is 0.255 e. The highest BCUT2D eigenvalue weighted by Gasteiger charge is 2.28. The average Bonchev–Trinajstić information content (AvgIpc) is 0.833. The van der Waals surface area contributed by atoms with Crippen molar-refractivity contribution in [2.24, 2.45) is 5.73 Å². The highest BCUT2D eigenvalue weighted by molar-refractivity contribution is 6.07. The Balaban J connectivity index is 1.27. The lowest BCUT2D eigenvalue weighted by molar-refractivity contribution is 0.0189. The third-order valence-electron chi connectivity index (χ3n) is 17.8. The van der Waals surface area contributed by atoms with Gasteiger partial charge in [-0.25, -0.2) is 0 Å². The molecular formula is C76H115N13O18. The molecule has 6 rings (SSSR count). The van der Waals surface area contributed by atoms with E-state index >= 15 is 0 Å². The number of unbranched alkanes of at least 4 members (excludes halogenated alkanes) is 3. The van der Waals surface area contributed by atoms with Gasteiger partial charge in [-0.1, -0.05) is 57.4 Å². The number of phenols is 2. The van der Waals surface area contributed by atoms with Crippen LogP contribution in [0.2, 0.25) is 0 Å². The van der Waals surface area contributed by atoms with Gasteiger partial charge in [0.1, 0.15) is 23.0 Å². The first-order valence-corrected chi connectivity index (χ1v) is 37.4. The monoisotopic (exact) mass is 1500 g/mol. The Labute approximate surface area is 628 Å². The summed E-state index contributed by atoms with van der Waals surface area (Å²) < 4.78 is 45.5. The minimum atomic E-state index is -0.655. The Morgan fingerprint density at radius 2 is 0.654 bits per heavy atom. The summed E-state index contributed by atoms with van der Waals surface area (Å²) in [7, 11) is 3.19. The Bertz CT molecular complexity index is 3390. The molecule has 0 aromatic heterocycles. The fourth-order valence-electron chi connectivity index (χ4n) is 11.7. The van der Waals surface area contributed by atoms with Gasteiger partial charge in [0.15, 0.2) is 0 Å². The molecule has 2 aliphatic heterocycles. The molecule has 31 nitrogen and oxygen atoms in total. The highest BCUT2D eigenvalue weighted by atomic mass is 16.5. The molecule has 4 aromatic carbocycles. The summed E-state index contributed by atoms with van der Waals surface area (Å²) >= 11 is 0. The second kappa shape index (κ2) is 50.9. The second-order valence-electron chi connectivity index (χ2n) is 25.7. The standard InChI is InChI=1S/C76H115N13O18/c1-5-7-43-106-67-61-20-13-22-63(67)74(97)83-30-37-88(41-45-102-51-53-104-49-47-100-3)36-29-80-70(93)58-17-11-16-57(65(58)90)69(92)78-25-32-86(34-27-81-72(61)95)39-40-87-33-26-79-71(94)59-18-12-19-60(66(59)91)76(99)85-56(15-9-10-24-77)55-89(42-46-103-52-54-105-50-48-101-4)38-31-84-75(98)64-23-14-21-62(73(96)82-28-35-87)68(64)107-44-8-6-2/h11-14,16-23,56,90-91H,5-10,15,24-55,77H2,1-4H3,(H,78,92)(H,79,94)(H,80,93)(H,81,95)(H,82,96)(H,83,97)(H,84,98)(H,85,99). The second-order valence-corrected chi connectivity index (χ2v) is 25.7. The largest absolute Gasteiger partial charge is 0.506 e. The molecule has 107 heavy (non-hydrogen) atoms. The van der Waals surface area contributed by atoms with Crippen molar-refractivity contribution in [2.75, 3.05) is 224 Å². The summed E-state index contributed by atoms with van der Waals surface area (Å²) in [4.78, 5) is 121. The Kier molecular flexibility index (Phi) is 41.5. The first-order valence-electron chi connectivity index (χ1n) is 37.4. The third kappa shape index (κ3) is 30.9. The highest BCUT2D eigenvalue weighted by Crippen LogP contribution is 2.28. The zero-order valence-electron chi connectivity index (χ0n) is 62.9. The number of hydrogen-bond acceptors (Lipinski definition) is 23. The van der Waals surface area contributed by atoms with E-state index in [4.69, 9.17) is 43.6 Å². The van der Waals surface area contributed by atoms with Gasteiger partial charge in [0.2, 0.25) is 0 Å². The van der Waals surface area contributed by atoms with E-state index in [1.807, 2.05) is 28.5 Å². The number of carbonyl (C=O) groups excluding carboxylic acids is 8. The SMILES string of the molecule is CCCCOc1c2cccc1C(=O)NCCN(CCN1CCNC(=O)c3cccc(c3O)C(=O)NC(CCCCN)CN(CCOCCOCCOC)CCNC(=O)c3cccc(c3OCCCC)C(=O)NCC1)CCNC(=O)c1cccc(c1O)C(=O)NCCN(CCOCCOCCOC)CCNC2=O. The number of rotatable bonds is 33. The summed E-state index contributed by atoms with van der Waals surface area (Å²) in [5, 5.41) is 46.9. The average molecular weight is 1500 g/mol. The Morgan fingerprint density at radius 1 is 0.364 bits per heavy atom. The summed E-state index contributed by atoms with van der Waals surface area (Å²) in [6, 6.07) is 17.8. The minimum absolute atomic E-state index is 0.0201. The maximum absolute atomic E-state index is 14.5. The fourth-order valence-corrected chi connectivity index (χ4v) is 11.7. The number of ether oxygens (including phenoxy) is 8. The van der Waals surface area contributed by atoms with E-state index in [-0.39, 0.29) is 154 Å². The Morgan fingerprint density at radius 3 is 0.991 bits per heavy atom. The van der Waals surface area contributed by atoms with E-state index in [0.29, 0.717) is 144 Å². The predicted octanol–water partition coefficient (Wildman–Crippen LogP) is 2.49. The van der Waals surface area contributed by atoms with Crippen LogP contribution < -0.4 is 57.7 Å². The number of fused-ring (bicyclic) bond motifs is 8. The zero-order chi connectivity index (χ0) is 76.8. The van der Waals surface area contributed by atoms with Crippen molar-refractivity contribution < 1.29 is 86.5 Å². The number of methoxy groups -OCH3 is 2. The molecule has 8 bridgehead atoms. The lowest BCUT2D eigenvalue weighted by Gasteiger charge is -2.29. The number of para-hydroxylation sites is 4. The van der Waals surface area contributed by atoms with E-state index in [2.05, 4.69) is 47.4 Å². The van der Waals surface area contributed by atoms with Gasteiger partial charge in [0.05, 0.1) is 124 Å². The van der Waals surface area contributed by atoms with Gasteiger partial charge in [-0.3, -0.25) is 58.0 Å². The maximum Gasteiger partial charge on any atom is 0.255 e. The molecule has 1 atom stereocenters. The van der Waals surface area contributed by atoms with Crippen LogP contribution in [0.25, 0.3) is 0 Å². The predicted molar refractivity (Wildman–Crippen MR) is 403 cm³/mol. The normalized spacial score (nSPS) is 17.0. The summed E-state index contributed by atoms with van der Waals surface area (Å²) in [5.74, 6) is -5.28. The minimum Gasteiger partial charge on any atom is -0.506 e. The molecule has 31 heteroatoms. The van der Waals surface area contributed by atoms with Crippen LogP contribution in [0, 0.1) is 0 Å². The summed E-state index contributed by atoms with van der Waals surface area (Å²) in [5.41, 5.74) is 6.02. The van der Waals surface area contributed by atoms with Crippen LogP contribution in [0.3, 0.4) is 0 Å². The number of nitrogens with zero attached hydrogens (tertiary/aromatic N) is 4. The maximum atomic E-state index is 14.5. The van der Waals surface area contributed by atoms with E-state index in [0.717, 1.165) is 12.8 Å². The van der Waals surface area contributed by atoms with Crippen molar-refractivity contribution in [2.45, 2.75) is 64.8 Å². The van der Waals surface area contributed by atoms with Gasteiger partial charge in [0, 0.05) is 145 Å². The molecule has 2 heterocycles. The number of benzene rings is 4. The van der Waals surface area contributed by atoms with Crippen LogP contribution >= 0.6 is 0 Å². The van der Waals surface area contributed by atoms with E-state index in [1.54, 1.807) is 50.6 Å². The fraction of sp³-hybridized carbons (Fsp3) is 0.579. The van der Waals surface area contributed by atoms with Crippen LogP contribution in [0.5, 0.6) is 23.0 Å². The van der Waals surface area contributed by atoms with Crippen molar-refractivity contribution in [3.8, 4) is 23.0 Å². The topological polar surface area (TPSA) is 386 Å². The van der Waals surface area contributed by atoms with E-state index < -0.39 is 64.8 Å². The third-order valence-corrected chi connectivity index (χ3v) is 17.8. The lowest BCUT2D eigenvalue weighted by Crippen LogP contribution is -2.47. The van der Waals surface area contributed by atoms with Gasteiger partial charge in [-0.2, -0.15) is 0 Å². The summed E-state index contributed by atoms with van der Waals surface area (Å²) in [6.45, 7) is 12.8. The van der Waals surface area contributed by atoms with Crippen molar-refractivity contribution in [3.05, 3.63) is 117 Å². The molecule has 4 aromatic rings. The molecule has 1 unspecified atom stereocenters. The molecule has 0 spiro atoms. The van der Waals surface area contributed by atoms with Gasteiger partial charge in [-0.15, -0.1) is 0 Å². The Hall–Kier alpha value is -8.60. The lowest BCUT2D eigenvalue weighted by atomic mass is 10.0. The molecule has 12 N–H and O–H groups in total. The number of amides is 8. The first-order chi connectivity index (χ1) is 52.1. The van der Waals surface area contributed by atoms with Gasteiger partial charge >= 0.3 is 0 Å². The molecule has 0 fully saturated rings. The quantitative estimate of drug-likeness (QED) is 0.0305.